The molecule has 0 heterocycles. The van der Waals surface area contributed by atoms with Gasteiger partial charge < -0.3 is 0 Å². The van der Waals surface area contributed by atoms with Crippen molar-refractivity contribution >= 4 is 12.7 Å². The van der Waals surface area contributed by atoms with Gasteiger partial charge in [0.15, 0.2) is 7.28 Å². The quantitative estimate of drug-likeness (QED) is 0.535. The highest BCUT2D eigenvalue weighted by molar-refractivity contribution is 6.53. The molecule has 0 saturated heterocycles. The molecule has 0 atom stereocenters. The number of aryl methyl sites for hydroxylation is 1. The van der Waals surface area contributed by atoms with Gasteiger partial charge in [0, 0.05) is 0 Å². The first-order chi connectivity index (χ1) is 4.84. The number of benzene rings is 1. The molecular formula is C9H13B. The maximum atomic E-state index is 2.21. The number of rotatable bonds is 2. The lowest BCUT2D eigenvalue weighted by Gasteiger charge is -1.99. The van der Waals surface area contributed by atoms with E-state index in [-0.39, 0.29) is 0 Å². The molecule has 1 rings (SSSR count). The smallest absolute Gasteiger partial charge is 0.0817 e. The Morgan fingerprint density at radius 1 is 1.30 bits per heavy atom. The van der Waals surface area contributed by atoms with Crippen LogP contribution in [0.5, 0.6) is 0 Å². The predicted octanol–water partition coefficient (Wildman–Crippen LogP) is 1.50. The number of hydrogen-bond donors (Lipinski definition) is 0. The molecule has 0 aromatic heterocycles. The SMILES string of the molecule is CCBc1ccccc1C. The largest absolute Gasteiger partial charge is 0.157 e. The molecule has 0 radical (unpaired) electrons. The second-order valence-electron chi connectivity index (χ2n) is 2.68. The molecule has 1 heteroatoms. The molecule has 0 amide bonds. The van der Waals surface area contributed by atoms with Crippen molar-refractivity contribution in [1.82, 2.24) is 0 Å². The molecule has 0 saturated carbocycles. The lowest BCUT2D eigenvalue weighted by molar-refractivity contribution is 1.44. The standard InChI is InChI=1S/C9H13B/c1-3-10-9-7-5-4-6-8(9)2/h4-7,10H,3H2,1-2H3. The van der Waals surface area contributed by atoms with Crippen LogP contribution in [0.1, 0.15) is 12.5 Å². The van der Waals surface area contributed by atoms with Crippen molar-refractivity contribution in [2.45, 2.75) is 20.2 Å². The van der Waals surface area contributed by atoms with Gasteiger partial charge in [-0.05, 0) is 6.92 Å². The fraction of sp³-hybridized carbons (Fsp3) is 0.333. The first-order valence-corrected chi connectivity index (χ1v) is 3.89. The van der Waals surface area contributed by atoms with E-state index in [4.69, 9.17) is 0 Å². The minimum atomic E-state index is 1.21. The number of hydrogen-bond acceptors (Lipinski definition) is 0. The Morgan fingerprint density at radius 3 is 2.60 bits per heavy atom. The monoisotopic (exact) mass is 132 g/mol. The van der Waals surface area contributed by atoms with E-state index < -0.39 is 0 Å². The minimum Gasteiger partial charge on any atom is -0.0817 e. The molecule has 1 aromatic rings. The maximum absolute atomic E-state index is 2.21. The van der Waals surface area contributed by atoms with Gasteiger partial charge in [-0.3, -0.25) is 0 Å². The van der Waals surface area contributed by atoms with Crippen molar-refractivity contribution in [2.75, 3.05) is 0 Å². The van der Waals surface area contributed by atoms with Gasteiger partial charge >= 0.3 is 0 Å². The van der Waals surface area contributed by atoms with E-state index in [2.05, 4.69) is 38.1 Å². The van der Waals surface area contributed by atoms with Gasteiger partial charge in [-0.25, -0.2) is 0 Å². The molecule has 0 spiro atoms. The normalized spacial score (nSPS) is 9.40. The molecule has 10 heavy (non-hydrogen) atoms. The molecule has 0 aliphatic heterocycles. The van der Waals surface area contributed by atoms with Crippen LogP contribution in [0.15, 0.2) is 24.3 Å². The van der Waals surface area contributed by atoms with Crippen molar-refractivity contribution in [3.63, 3.8) is 0 Å². The molecule has 0 bridgehead atoms. The summed E-state index contributed by atoms with van der Waals surface area (Å²) in [6.07, 6.45) is 1.24. The second-order valence-corrected chi connectivity index (χ2v) is 2.68. The average Bonchev–Trinajstić information content (AvgIpc) is 1.94. The first kappa shape index (κ1) is 7.39. The molecule has 1 aromatic carbocycles. The third-order valence-corrected chi connectivity index (χ3v) is 1.78. The maximum Gasteiger partial charge on any atom is 0.157 e. The first-order valence-electron chi connectivity index (χ1n) is 3.89. The summed E-state index contributed by atoms with van der Waals surface area (Å²) in [4.78, 5) is 0. The van der Waals surface area contributed by atoms with Crippen LogP contribution in [-0.4, -0.2) is 7.28 Å². The zero-order chi connectivity index (χ0) is 7.40. The highest BCUT2D eigenvalue weighted by Gasteiger charge is 1.94. The van der Waals surface area contributed by atoms with Gasteiger partial charge in [0.2, 0.25) is 0 Å². The van der Waals surface area contributed by atoms with Crippen molar-refractivity contribution in [1.29, 1.82) is 0 Å². The Bertz CT molecular complexity index is 206. The van der Waals surface area contributed by atoms with Crippen LogP contribution in [0.25, 0.3) is 0 Å². The van der Waals surface area contributed by atoms with E-state index in [1.807, 2.05) is 0 Å². The fourth-order valence-corrected chi connectivity index (χ4v) is 1.16. The van der Waals surface area contributed by atoms with E-state index >= 15 is 0 Å². The van der Waals surface area contributed by atoms with Gasteiger partial charge in [0.05, 0.1) is 0 Å². The zero-order valence-corrected chi connectivity index (χ0v) is 6.72. The van der Waals surface area contributed by atoms with Crippen LogP contribution < -0.4 is 5.46 Å². The fourth-order valence-electron chi connectivity index (χ4n) is 1.16. The van der Waals surface area contributed by atoms with Crippen LogP contribution in [0.4, 0.5) is 0 Å². The van der Waals surface area contributed by atoms with E-state index in [0.717, 1.165) is 0 Å². The molecule has 0 aliphatic carbocycles. The molecule has 52 valence electrons. The second kappa shape index (κ2) is 3.45. The van der Waals surface area contributed by atoms with E-state index in [0.29, 0.717) is 0 Å². The molecular weight excluding hydrogens is 119 g/mol. The molecule has 0 N–H and O–H groups in total. The van der Waals surface area contributed by atoms with Crippen LogP contribution in [0.3, 0.4) is 0 Å². The lowest BCUT2D eigenvalue weighted by Crippen LogP contribution is -2.15. The van der Waals surface area contributed by atoms with Crippen LogP contribution in [0.2, 0.25) is 6.32 Å². The summed E-state index contributed by atoms with van der Waals surface area (Å²) < 4.78 is 0. The minimum absolute atomic E-state index is 1.21. The Hall–Kier alpha value is -0.715. The molecule has 0 fully saturated rings. The summed E-state index contributed by atoms with van der Waals surface area (Å²) in [6.45, 7) is 4.39. The van der Waals surface area contributed by atoms with Crippen LogP contribution in [0, 0.1) is 6.92 Å². The summed E-state index contributed by atoms with van der Waals surface area (Å²) in [6, 6.07) is 8.58. The Morgan fingerprint density at radius 2 is 2.00 bits per heavy atom. The summed E-state index contributed by atoms with van der Waals surface area (Å²) in [7, 11) is 1.21. The van der Waals surface area contributed by atoms with E-state index in [9.17, 15) is 0 Å². The van der Waals surface area contributed by atoms with Gasteiger partial charge in [-0.2, -0.15) is 0 Å². The van der Waals surface area contributed by atoms with Crippen molar-refractivity contribution in [3.8, 4) is 0 Å². The van der Waals surface area contributed by atoms with E-state index in [1.54, 1.807) is 0 Å². The summed E-state index contributed by atoms with van der Waals surface area (Å²) in [5.41, 5.74) is 2.91. The Labute approximate surface area is 63.5 Å². The average molecular weight is 132 g/mol. The third-order valence-electron chi connectivity index (χ3n) is 1.78. The topological polar surface area (TPSA) is 0 Å². The van der Waals surface area contributed by atoms with Crippen molar-refractivity contribution in [3.05, 3.63) is 29.8 Å². The Balaban J connectivity index is 2.81. The Kier molecular flexibility index (Phi) is 2.55. The van der Waals surface area contributed by atoms with Gasteiger partial charge in [-0.1, -0.05) is 48.5 Å². The van der Waals surface area contributed by atoms with Crippen molar-refractivity contribution < 1.29 is 0 Å². The predicted molar refractivity (Wildman–Crippen MR) is 48.4 cm³/mol. The highest BCUT2D eigenvalue weighted by Crippen LogP contribution is 1.92. The molecule has 0 aliphatic rings. The third kappa shape index (κ3) is 1.63. The van der Waals surface area contributed by atoms with Crippen molar-refractivity contribution in [2.24, 2.45) is 0 Å². The molecule has 0 unspecified atom stereocenters. The van der Waals surface area contributed by atoms with Crippen LogP contribution in [-0.2, 0) is 0 Å². The van der Waals surface area contributed by atoms with Crippen LogP contribution >= 0.6 is 0 Å². The van der Waals surface area contributed by atoms with Gasteiger partial charge in [-0.15, -0.1) is 0 Å². The molecule has 0 nitrogen and oxygen atoms in total. The highest BCUT2D eigenvalue weighted by atomic mass is 13.9. The summed E-state index contributed by atoms with van der Waals surface area (Å²) in [5, 5.41) is 0. The summed E-state index contributed by atoms with van der Waals surface area (Å²) in [5.74, 6) is 0. The van der Waals surface area contributed by atoms with Gasteiger partial charge in [0.1, 0.15) is 0 Å². The lowest BCUT2D eigenvalue weighted by atomic mass is 9.66. The van der Waals surface area contributed by atoms with E-state index in [1.165, 1.54) is 24.6 Å². The zero-order valence-electron chi connectivity index (χ0n) is 6.72. The van der Waals surface area contributed by atoms with Gasteiger partial charge in [0.25, 0.3) is 0 Å². The summed E-state index contributed by atoms with van der Waals surface area (Å²) >= 11 is 0.